The quantitative estimate of drug-likeness (QED) is 0.765. The normalized spacial score (nSPS) is 18.0. The minimum Gasteiger partial charge on any atom is -0.332 e. The molecule has 0 N–H and O–H groups in total. The number of carbonyl (C=O) groups excluding carboxylic acids is 1. The highest BCUT2D eigenvalue weighted by molar-refractivity contribution is 6.42. The van der Waals surface area contributed by atoms with Gasteiger partial charge in [-0.1, -0.05) is 53.5 Å². The van der Waals surface area contributed by atoms with Crippen LogP contribution in [0.3, 0.4) is 0 Å². The van der Waals surface area contributed by atoms with Crippen LogP contribution in [0, 0.1) is 0 Å². The first-order valence-corrected chi connectivity index (χ1v) is 7.73. The van der Waals surface area contributed by atoms with E-state index in [-0.39, 0.29) is 11.9 Å². The molecule has 2 aromatic rings. The highest BCUT2D eigenvalue weighted by atomic mass is 35.5. The van der Waals surface area contributed by atoms with E-state index >= 15 is 0 Å². The van der Waals surface area contributed by atoms with E-state index in [0.717, 1.165) is 19.4 Å². The first kappa shape index (κ1) is 14.4. The lowest BCUT2D eigenvalue weighted by molar-refractivity contribution is 0.0735. The molecule has 1 aliphatic rings. The van der Waals surface area contributed by atoms with E-state index in [1.165, 1.54) is 5.56 Å². The lowest BCUT2D eigenvalue weighted by Gasteiger charge is -2.25. The summed E-state index contributed by atoms with van der Waals surface area (Å²) >= 11 is 11.9. The Balaban J connectivity index is 1.88. The van der Waals surface area contributed by atoms with E-state index in [4.69, 9.17) is 23.2 Å². The monoisotopic (exact) mass is 319 g/mol. The summed E-state index contributed by atoms with van der Waals surface area (Å²) in [5.41, 5.74) is 1.77. The topological polar surface area (TPSA) is 20.3 Å². The standard InChI is InChI=1S/C17H15Cl2NO/c18-14-9-8-13(11-15(14)19)17(21)20-10-4-7-16(20)12-5-2-1-3-6-12/h1-3,5-6,8-9,11,16H,4,7,10H2/t16-/m1/s1. The molecule has 1 heterocycles. The Labute approximate surface area is 134 Å². The first-order chi connectivity index (χ1) is 10.2. The summed E-state index contributed by atoms with van der Waals surface area (Å²) in [6, 6.07) is 15.4. The Kier molecular flexibility index (Phi) is 4.18. The second-order valence-corrected chi connectivity index (χ2v) is 6.01. The summed E-state index contributed by atoms with van der Waals surface area (Å²) < 4.78 is 0. The van der Waals surface area contributed by atoms with Crippen LogP contribution in [0.25, 0.3) is 0 Å². The maximum absolute atomic E-state index is 12.7. The molecule has 0 unspecified atom stereocenters. The zero-order chi connectivity index (χ0) is 14.8. The van der Waals surface area contributed by atoms with Gasteiger partial charge in [-0.3, -0.25) is 4.79 Å². The van der Waals surface area contributed by atoms with Gasteiger partial charge < -0.3 is 4.90 Å². The lowest BCUT2D eigenvalue weighted by atomic mass is 10.0. The van der Waals surface area contributed by atoms with Crippen LogP contribution >= 0.6 is 23.2 Å². The smallest absolute Gasteiger partial charge is 0.254 e. The van der Waals surface area contributed by atoms with Gasteiger partial charge in [-0.25, -0.2) is 0 Å². The summed E-state index contributed by atoms with van der Waals surface area (Å²) in [5, 5.41) is 0.882. The van der Waals surface area contributed by atoms with Crippen LogP contribution in [0.2, 0.25) is 10.0 Å². The fourth-order valence-corrected chi connectivity index (χ4v) is 3.12. The molecule has 0 saturated carbocycles. The van der Waals surface area contributed by atoms with Gasteiger partial charge in [0, 0.05) is 12.1 Å². The number of likely N-dealkylation sites (tertiary alicyclic amines) is 1. The zero-order valence-corrected chi connectivity index (χ0v) is 12.9. The minimum absolute atomic E-state index is 0.0138. The third-order valence-corrected chi connectivity index (χ3v) is 4.60. The molecule has 0 spiro atoms. The van der Waals surface area contributed by atoms with Gasteiger partial charge in [0.25, 0.3) is 5.91 Å². The van der Waals surface area contributed by atoms with E-state index in [9.17, 15) is 4.79 Å². The van der Waals surface area contributed by atoms with Crippen LogP contribution < -0.4 is 0 Å². The molecular weight excluding hydrogens is 305 g/mol. The number of hydrogen-bond donors (Lipinski definition) is 0. The second-order valence-electron chi connectivity index (χ2n) is 5.20. The van der Waals surface area contributed by atoms with Crippen LogP contribution in [-0.2, 0) is 0 Å². The summed E-state index contributed by atoms with van der Waals surface area (Å²) in [5.74, 6) is 0.0138. The molecule has 1 saturated heterocycles. The zero-order valence-electron chi connectivity index (χ0n) is 11.4. The molecule has 1 amide bonds. The van der Waals surface area contributed by atoms with Crippen molar-refractivity contribution in [2.24, 2.45) is 0 Å². The molecule has 0 radical (unpaired) electrons. The third kappa shape index (κ3) is 2.92. The molecule has 0 bridgehead atoms. The molecule has 0 aliphatic carbocycles. The van der Waals surface area contributed by atoms with Crippen molar-refractivity contribution in [2.75, 3.05) is 6.54 Å². The number of nitrogens with zero attached hydrogens (tertiary/aromatic N) is 1. The van der Waals surface area contributed by atoms with Gasteiger partial charge in [0.1, 0.15) is 0 Å². The van der Waals surface area contributed by atoms with Crippen molar-refractivity contribution in [3.63, 3.8) is 0 Å². The fourth-order valence-electron chi connectivity index (χ4n) is 2.83. The lowest BCUT2D eigenvalue weighted by Crippen LogP contribution is -2.30. The Morgan fingerprint density at radius 1 is 1.05 bits per heavy atom. The van der Waals surface area contributed by atoms with Crippen molar-refractivity contribution in [3.05, 3.63) is 69.7 Å². The predicted molar refractivity (Wildman–Crippen MR) is 85.9 cm³/mol. The van der Waals surface area contributed by atoms with E-state index in [2.05, 4.69) is 12.1 Å². The highest BCUT2D eigenvalue weighted by Gasteiger charge is 2.30. The number of rotatable bonds is 2. The Morgan fingerprint density at radius 3 is 2.52 bits per heavy atom. The number of halogens is 2. The van der Waals surface area contributed by atoms with Crippen LogP contribution in [0.4, 0.5) is 0 Å². The Bertz CT molecular complexity index is 657. The van der Waals surface area contributed by atoms with Crippen LogP contribution in [0.15, 0.2) is 48.5 Å². The molecule has 1 fully saturated rings. The SMILES string of the molecule is O=C(c1ccc(Cl)c(Cl)c1)N1CCC[C@@H]1c1ccccc1. The number of benzene rings is 2. The van der Waals surface area contributed by atoms with Crippen molar-refractivity contribution in [2.45, 2.75) is 18.9 Å². The van der Waals surface area contributed by atoms with E-state index in [1.54, 1.807) is 18.2 Å². The number of carbonyl (C=O) groups is 1. The predicted octanol–water partition coefficient (Wildman–Crippen LogP) is 4.97. The average Bonchev–Trinajstić information content (AvgIpc) is 2.99. The van der Waals surface area contributed by atoms with Crippen molar-refractivity contribution < 1.29 is 4.79 Å². The van der Waals surface area contributed by atoms with Gasteiger partial charge in [0.15, 0.2) is 0 Å². The van der Waals surface area contributed by atoms with Gasteiger partial charge in [-0.2, -0.15) is 0 Å². The molecule has 1 atom stereocenters. The number of hydrogen-bond acceptors (Lipinski definition) is 1. The van der Waals surface area contributed by atoms with Crippen LogP contribution in [0.1, 0.15) is 34.8 Å². The van der Waals surface area contributed by atoms with Gasteiger partial charge in [-0.15, -0.1) is 0 Å². The highest BCUT2D eigenvalue weighted by Crippen LogP contribution is 2.33. The maximum Gasteiger partial charge on any atom is 0.254 e. The third-order valence-electron chi connectivity index (χ3n) is 3.86. The van der Waals surface area contributed by atoms with Gasteiger partial charge in [-0.05, 0) is 36.6 Å². The van der Waals surface area contributed by atoms with Crippen LogP contribution in [-0.4, -0.2) is 17.4 Å². The Morgan fingerprint density at radius 2 is 1.81 bits per heavy atom. The minimum atomic E-state index is 0.0138. The van der Waals surface area contributed by atoms with Crippen molar-refractivity contribution in [1.29, 1.82) is 0 Å². The van der Waals surface area contributed by atoms with E-state index in [0.29, 0.717) is 15.6 Å². The van der Waals surface area contributed by atoms with Gasteiger partial charge >= 0.3 is 0 Å². The number of amides is 1. The summed E-state index contributed by atoms with van der Waals surface area (Å²) in [6.07, 6.45) is 2.02. The van der Waals surface area contributed by atoms with Crippen LogP contribution in [0.5, 0.6) is 0 Å². The molecule has 0 aromatic heterocycles. The second kappa shape index (κ2) is 6.08. The van der Waals surface area contributed by atoms with Gasteiger partial charge in [0.05, 0.1) is 16.1 Å². The summed E-state index contributed by atoms with van der Waals surface area (Å²) in [7, 11) is 0. The summed E-state index contributed by atoms with van der Waals surface area (Å²) in [6.45, 7) is 0.776. The van der Waals surface area contributed by atoms with Gasteiger partial charge in [0.2, 0.25) is 0 Å². The molecular formula is C17H15Cl2NO. The van der Waals surface area contributed by atoms with E-state index in [1.807, 2.05) is 23.1 Å². The molecule has 108 valence electrons. The largest absolute Gasteiger partial charge is 0.332 e. The molecule has 4 heteroatoms. The van der Waals surface area contributed by atoms with Crippen molar-refractivity contribution >= 4 is 29.1 Å². The van der Waals surface area contributed by atoms with E-state index < -0.39 is 0 Å². The fraction of sp³-hybridized carbons (Fsp3) is 0.235. The molecule has 3 rings (SSSR count). The maximum atomic E-state index is 12.7. The molecule has 21 heavy (non-hydrogen) atoms. The molecule has 1 aliphatic heterocycles. The first-order valence-electron chi connectivity index (χ1n) is 6.98. The summed E-state index contributed by atoms with van der Waals surface area (Å²) in [4.78, 5) is 14.6. The molecule has 2 aromatic carbocycles. The Hall–Kier alpha value is -1.51. The average molecular weight is 320 g/mol. The van der Waals surface area contributed by atoms with Crippen molar-refractivity contribution in [3.8, 4) is 0 Å². The molecule has 2 nitrogen and oxygen atoms in total. The van der Waals surface area contributed by atoms with Crippen molar-refractivity contribution in [1.82, 2.24) is 4.90 Å².